The number of nitrogens with one attached hydrogen (secondary N) is 1. The molecule has 2 rings (SSSR count). The van der Waals surface area contributed by atoms with Crippen LogP contribution in [-0.2, 0) is 9.53 Å². The van der Waals surface area contributed by atoms with Crippen molar-refractivity contribution in [3.8, 4) is 0 Å². The molecule has 0 radical (unpaired) electrons. The predicted molar refractivity (Wildman–Crippen MR) is 95.5 cm³/mol. The van der Waals surface area contributed by atoms with Crippen LogP contribution in [-0.4, -0.2) is 18.5 Å². The summed E-state index contributed by atoms with van der Waals surface area (Å²) in [6.07, 6.45) is 1.03. The first-order valence-corrected chi connectivity index (χ1v) is 8.31. The third kappa shape index (κ3) is 5.03. The second-order valence-corrected chi connectivity index (χ2v) is 6.06. The second-order valence-electron chi connectivity index (χ2n) is 5.65. The summed E-state index contributed by atoms with van der Waals surface area (Å²) in [5, 5.41) is 2.56. The van der Waals surface area contributed by atoms with Crippen molar-refractivity contribution in [2.75, 3.05) is 11.9 Å². The van der Waals surface area contributed by atoms with Gasteiger partial charge in [-0.3, -0.25) is 4.79 Å². The molecule has 4 nitrogen and oxygen atoms in total. The molecule has 132 valence electrons. The summed E-state index contributed by atoms with van der Waals surface area (Å²) in [5.74, 6) is -1.85. The lowest BCUT2D eigenvalue weighted by Gasteiger charge is -2.11. The van der Waals surface area contributed by atoms with E-state index in [1.165, 1.54) is 17.7 Å². The summed E-state index contributed by atoms with van der Waals surface area (Å²) >= 11 is 5.78. The molecule has 0 aliphatic heterocycles. The van der Waals surface area contributed by atoms with E-state index in [1.807, 2.05) is 12.1 Å². The van der Waals surface area contributed by atoms with Gasteiger partial charge >= 0.3 is 5.97 Å². The molecule has 0 spiro atoms. The minimum absolute atomic E-state index is 0.0639. The third-order valence-corrected chi connectivity index (χ3v) is 4.19. The fraction of sp³-hybridized carbons (Fsp3) is 0.263. The van der Waals surface area contributed by atoms with Gasteiger partial charge in [0.05, 0.1) is 5.02 Å². The van der Waals surface area contributed by atoms with E-state index in [2.05, 4.69) is 19.2 Å². The van der Waals surface area contributed by atoms with E-state index in [1.54, 1.807) is 12.1 Å². The van der Waals surface area contributed by atoms with Crippen LogP contribution in [0.5, 0.6) is 0 Å². The average Bonchev–Trinajstić information content (AvgIpc) is 2.60. The topological polar surface area (TPSA) is 55.4 Å². The van der Waals surface area contributed by atoms with E-state index >= 15 is 0 Å². The smallest absolute Gasteiger partial charge is 0.343 e. The Morgan fingerprint density at radius 3 is 2.48 bits per heavy atom. The first-order valence-electron chi connectivity index (χ1n) is 7.93. The molecular formula is C19H19ClFNO3. The number of hydrogen-bond acceptors (Lipinski definition) is 3. The molecule has 0 aromatic heterocycles. The number of carbonyl (C=O) groups excluding carboxylic acids is 2. The van der Waals surface area contributed by atoms with E-state index in [9.17, 15) is 14.0 Å². The summed E-state index contributed by atoms with van der Waals surface area (Å²) in [5.41, 5.74) is 1.40. The van der Waals surface area contributed by atoms with Gasteiger partial charge in [-0.25, -0.2) is 9.18 Å². The Balaban J connectivity index is 1.91. The van der Waals surface area contributed by atoms with Crippen LogP contribution < -0.4 is 5.32 Å². The Hall–Kier alpha value is -2.40. The highest BCUT2D eigenvalue weighted by molar-refractivity contribution is 6.33. The summed E-state index contributed by atoms with van der Waals surface area (Å²) in [4.78, 5) is 23.7. The van der Waals surface area contributed by atoms with Gasteiger partial charge in [-0.15, -0.1) is 0 Å². The summed E-state index contributed by atoms with van der Waals surface area (Å²) < 4.78 is 18.4. The molecule has 1 atom stereocenters. The first kappa shape index (κ1) is 18.9. The van der Waals surface area contributed by atoms with Gasteiger partial charge in [-0.2, -0.15) is 0 Å². The number of halogens is 2. The highest BCUT2D eigenvalue weighted by Gasteiger charge is 2.18. The summed E-state index contributed by atoms with van der Waals surface area (Å²) in [6, 6.07) is 11.3. The van der Waals surface area contributed by atoms with Gasteiger partial charge in [0.25, 0.3) is 5.91 Å². The van der Waals surface area contributed by atoms with Crippen molar-refractivity contribution < 1.29 is 18.7 Å². The maximum absolute atomic E-state index is 13.6. The van der Waals surface area contributed by atoms with Crippen molar-refractivity contribution in [2.45, 2.75) is 26.2 Å². The Kier molecular flexibility index (Phi) is 6.53. The number of carbonyl (C=O) groups is 2. The van der Waals surface area contributed by atoms with Gasteiger partial charge in [0.1, 0.15) is 11.4 Å². The van der Waals surface area contributed by atoms with Crippen LogP contribution in [0.2, 0.25) is 5.02 Å². The fourth-order valence-corrected chi connectivity index (χ4v) is 2.46. The van der Waals surface area contributed by atoms with E-state index < -0.39 is 24.3 Å². The Morgan fingerprint density at radius 1 is 1.20 bits per heavy atom. The molecule has 2 aromatic rings. The standard InChI is InChI=1S/C19H19ClFNO3/c1-3-12(2)13-7-9-14(10-8-13)22-17(23)11-25-19(24)18-15(20)5-4-6-16(18)21/h4-10,12H,3,11H2,1-2H3,(H,22,23)/t12-/m1/s1. The zero-order valence-electron chi connectivity index (χ0n) is 14.0. The number of amides is 1. The molecule has 0 saturated carbocycles. The van der Waals surface area contributed by atoms with Crippen molar-refractivity contribution in [1.82, 2.24) is 0 Å². The van der Waals surface area contributed by atoms with Crippen LogP contribution in [0.25, 0.3) is 0 Å². The largest absolute Gasteiger partial charge is 0.452 e. The Morgan fingerprint density at radius 2 is 1.88 bits per heavy atom. The van der Waals surface area contributed by atoms with Crippen LogP contribution in [0.3, 0.4) is 0 Å². The first-order chi connectivity index (χ1) is 11.9. The van der Waals surface area contributed by atoms with Crippen LogP contribution in [0.1, 0.15) is 42.1 Å². The molecular weight excluding hydrogens is 345 g/mol. The van der Waals surface area contributed by atoms with Gasteiger partial charge in [-0.1, -0.05) is 43.6 Å². The third-order valence-electron chi connectivity index (χ3n) is 3.88. The van der Waals surface area contributed by atoms with Gasteiger partial charge in [0.15, 0.2) is 6.61 Å². The van der Waals surface area contributed by atoms with Crippen LogP contribution in [0.4, 0.5) is 10.1 Å². The van der Waals surface area contributed by atoms with Gasteiger partial charge in [0, 0.05) is 5.69 Å². The highest BCUT2D eigenvalue weighted by atomic mass is 35.5. The maximum atomic E-state index is 13.6. The molecule has 0 saturated heterocycles. The zero-order valence-corrected chi connectivity index (χ0v) is 14.8. The van der Waals surface area contributed by atoms with Crippen LogP contribution >= 0.6 is 11.6 Å². The highest BCUT2D eigenvalue weighted by Crippen LogP contribution is 2.21. The van der Waals surface area contributed by atoms with Gasteiger partial charge < -0.3 is 10.1 Å². The van der Waals surface area contributed by atoms with E-state index in [0.717, 1.165) is 12.5 Å². The van der Waals surface area contributed by atoms with Crippen molar-refractivity contribution in [3.05, 3.63) is 64.4 Å². The number of esters is 1. The van der Waals surface area contributed by atoms with Gasteiger partial charge in [0.2, 0.25) is 0 Å². The van der Waals surface area contributed by atoms with Crippen LogP contribution in [0.15, 0.2) is 42.5 Å². The average molecular weight is 364 g/mol. The monoisotopic (exact) mass is 363 g/mol. The van der Waals surface area contributed by atoms with E-state index in [4.69, 9.17) is 16.3 Å². The molecule has 0 fully saturated rings. The molecule has 0 aliphatic rings. The Bertz CT molecular complexity index is 742. The molecule has 6 heteroatoms. The molecule has 0 aliphatic carbocycles. The molecule has 0 heterocycles. The minimum Gasteiger partial charge on any atom is -0.452 e. The van der Waals surface area contributed by atoms with Crippen LogP contribution in [0, 0.1) is 5.82 Å². The minimum atomic E-state index is -0.981. The molecule has 0 bridgehead atoms. The summed E-state index contributed by atoms with van der Waals surface area (Å²) in [7, 11) is 0. The van der Waals surface area contributed by atoms with E-state index in [0.29, 0.717) is 11.6 Å². The quantitative estimate of drug-likeness (QED) is 0.751. The fourth-order valence-electron chi connectivity index (χ4n) is 2.22. The lowest BCUT2D eigenvalue weighted by atomic mass is 9.99. The van der Waals surface area contributed by atoms with Gasteiger partial charge in [-0.05, 0) is 42.2 Å². The predicted octanol–water partition coefficient (Wildman–Crippen LogP) is 4.79. The zero-order chi connectivity index (χ0) is 18.4. The molecule has 1 N–H and O–H groups in total. The van der Waals surface area contributed by atoms with Crippen molar-refractivity contribution in [1.29, 1.82) is 0 Å². The molecule has 1 amide bonds. The number of rotatable bonds is 6. The number of anilines is 1. The van der Waals surface area contributed by atoms with Crippen molar-refractivity contribution >= 4 is 29.2 Å². The normalized spacial score (nSPS) is 11.7. The maximum Gasteiger partial charge on any atom is 0.343 e. The van der Waals surface area contributed by atoms with Crippen molar-refractivity contribution in [2.24, 2.45) is 0 Å². The summed E-state index contributed by atoms with van der Waals surface area (Å²) in [6.45, 7) is 3.70. The number of ether oxygens (including phenoxy) is 1. The molecule has 25 heavy (non-hydrogen) atoms. The lowest BCUT2D eigenvalue weighted by Crippen LogP contribution is -2.21. The number of benzene rings is 2. The lowest BCUT2D eigenvalue weighted by molar-refractivity contribution is -0.119. The second kappa shape index (κ2) is 8.62. The Labute approximate surface area is 150 Å². The molecule has 2 aromatic carbocycles. The van der Waals surface area contributed by atoms with Crippen molar-refractivity contribution in [3.63, 3.8) is 0 Å². The SMILES string of the molecule is CC[C@@H](C)c1ccc(NC(=O)COC(=O)c2c(F)cccc2Cl)cc1. The number of hydrogen-bond donors (Lipinski definition) is 1. The molecule has 0 unspecified atom stereocenters. The van der Waals surface area contributed by atoms with E-state index in [-0.39, 0.29) is 10.6 Å².